The number of rotatable bonds is 5. The summed E-state index contributed by atoms with van der Waals surface area (Å²) in [5.74, 6) is 0.448. The Balaban J connectivity index is 1.35. The van der Waals surface area contributed by atoms with E-state index in [1.165, 1.54) is 0 Å². The van der Waals surface area contributed by atoms with Gasteiger partial charge in [0.15, 0.2) is 0 Å². The van der Waals surface area contributed by atoms with Gasteiger partial charge in [-0.3, -0.25) is 9.59 Å². The van der Waals surface area contributed by atoms with Gasteiger partial charge in [-0.1, -0.05) is 66.7 Å². The van der Waals surface area contributed by atoms with Crippen LogP contribution in [0, 0.1) is 5.92 Å². The van der Waals surface area contributed by atoms with Crippen molar-refractivity contribution in [1.29, 1.82) is 0 Å². The maximum atomic E-state index is 13.4. The van der Waals surface area contributed by atoms with Gasteiger partial charge in [-0.15, -0.1) is 0 Å². The summed E-state index contributed by atoms with van der Waals surface area (Å²) < 4.78 is 1.93. The summed E-state index contributed by atoms with van der Waals surface area (Å²) in [4.78, 5) is 33.2. The van der Waals surface area contributed by atoms with E-state index in [1.54, 1.807) is 6.20 Å². The van der Waals surface area contributed by atoms with Crippen molar-refractivity contribution in [3.63, 3.8) is 0 Å². The number of hydrogen-bond acceptors (Lipinski definition) is 3. The average Bonchev–Trinajstić information content (AvgIpc) is 3.32. The van der Waals surface area contributed by atoms with E-state index >= 15 is 0 Å². The number of likely N-dealkylation sites (tertiary alicyclic amines) is 1. The Morgan fingerprint density at radius 1 is 1.00 bits per heavy atom. The Kier molecular flexibility index (Phi) is 6.12. The minimum Gasteiger partial charge on any atom is -0.342 e. The minimum absolute atomic E-state index is 0.0157. The van der Waals surface area contributed by atoms with Crippen LogP contribution in [0.15, 0.2) is 85.2 Å². The van der Waals surface area contributed by atoms with E-state index in [4.69, 9.17) is 0 Å². The quantitative estimate of drug-likeness (QED) is 0.490. The van der Waals surface area contributed by atoms with Crippen molar-refractivity contribution in [1.82, 2.24) is 19.8 Å². The Morgan fingerprint density at radius 3 is 2.56 bits per heavy atom. The summed E-state index contributed by atoms with van der Waals surface area (Å²) in [6.45, 7) is 1.07. The molecule has 172 valence electrons. The van der Waals surface area contributed by atoms with Gasteiger partial charge in [0.05, 0.1) is 5.92 Å². The molecule has 2 atom stereocenters. The molecule has 3 aromatic carbocycles. The molecule has 0 radical (unpaired) electrons. The lowest BCUT2D eigenvalue weighted by molar-refractivity contribution is -0.126. The fourth-order valence-corrected chi connectivity index (χ4v) is 4.82. The molecule has 5 rings (SSSR count). The molecule has 0 bridgehead atoms. The first-order valence-electron chi connectivity index (χ1n) is 11.7. The number of hydrogen-bond donors (Lipinski definition) is 1. The van der Waals surface area contributed by atoms with E-state index in [-0.39, 0.29) is 23.8 Å². The van der Waals surface area contributed by atoms with E-state index in [0.717, 1.165) is 35.0 Å². The van der Waals surface area contributed by atoms with Crippen molar-refractivity contribution in [3.05, 3.63) is 102 Å². The molecule has 2 unspecified atom stereocenters. The number of piperidine rings is 1. The number of nitrogens with zero attached hydrogens (tertiary/aromatic N) is 3. The van der Waals surface area contributed by atoms with Crippen LogP contribution in [0.2, 0.25) is 0 Å². The predicted molar refractivity (Wildman–Crippen MR) is 132 cm³/mol. The van der Waals surface area contributed by atoms with Crippen LogP contribution in [0.25, 0.3) is 10.8 Å². The van der Waals surface area contributed by atoms with E-state index < -0.39 is 0 Å². The summed E-state index contributed by atoms with van der Waals surface area (Å²) in [5.41, 5.74) is 1.67. The lowest BCUT2D eigenvalue weighted by Gasteiger charge is -2.33. The molecule has 0 saturated carbocycles. The molecule has 1 fully saturated rings. The van der Waals surface area contributed by atoms with Crippen LogP contribution in [0.3, 0.4) is 0 Å². The third-order valence-electron chi connectivity index (χ3n) is 6.64. The summed E-state index contributed by atoms with van der Waals surface area (Å²) in [6.07, 6.45) is 5.17. The summed E-state index contributed by atoms with van der Waals surface area (Å²) >= 11 is 0. The van der Waals surface area contributed by atoms with Crippen molar-refractivity contribution < 1.29 is 9.59 Å². The first kappa shape index (κ1) is 21.9. The van der Waals surface area contributed by atoms with Gasteiger partial charge in [-0.2, -0.15) is 0 Å². The minimum atomic E-state index is -0.349. The van der Waals surface area contributed by atoms with Crippen LogP contribution in [-0.2, 0) is 11.8 Å². The highest BCUT2D eigenvalue weighted by Gasteiger charge is 2.31. The number of nitrogens with one attached hydrogen (secondary N) is 1. The Morgan fingerprint density at radius 2 is 1.76 bits per heavy atom. The molecule has 1 aromatic heterocycles. The maximum absolute atomic E-state index is 13.4. The van der Waals surface area contributed by atoms with Gasteiger partial charge in [0.2, 0.25) is 5.91 Å². The molecule has 34 heavy (non-hydrogen) atoms. The largest absolute Gasteiger partial charge is 0.342 e. The van der Waals surface area contributed by atoms with Crippen LogP contribution >= 0.6 is 0 Å². The third-order valence-corrected chi connectivity index (χ3v) is 6.64. The topological polar surface area (TPSA) is 67.2 Å². The molecule has 0 aliphatic carbocycles. The molecule has 1 saturated heterocycles. The highest BCUT2D eigenvalue weighted by molar-refractivity contribution is 6.07. The van der Waals surface area contributed by atoms with Gasteiger partial charge in [-0.05, 0) is 35.2 Å². The zero-order chi connectivity index (χ0) is 23.5. The highest BCUT2D eigenvalue weighted by atomic mass is 16.2. The van der Waals surface area contributed by atoms with Crippen molar-refractivity contribution in [3.8, 4) is 0 Å². The number of amides is 2. The second kappa shape index (κ2) is 9.51. The maximum Gasteiger partial charge on any atom is 0.254 e. The number of carbonyl (C=O) groups excluding carboxylic acids is 2. The summed E-state index contributed by atoms with van der Waals surface area (Å²) in [6, 6.07) is 23.3. The van der Waals surface area contributed by atoms with Crippen LogP contribution < -0.4 is 5.32 Å². The van der Waals surface area contributed by atoms with E-state index in [0.29, 0.717) is 18.7 Å². The van der Waals surface area contributed by atoms with Crippen molar-refractivity contribution in [2.24, 2.45) is 13.0 Å². The van der Waals surface area contributed by atoms with Gasteiger partial charge < -0.3 is 14.8 Å². The Bertz CT molecular complexity index is 1310. The number of aromatic nitrogens is 2. The molecule has 0 spiro atoms. The van der Waals surface area contributed by atoms with Crippen LogP contribution in [-0.4, -0.2) is 39.4 Å². The molecule has 2 amide bonds. The number of imidazole rings is 1. The number of aryl methyl sites for hydroxylation is 1. The molecule has 1 aliphatic rings. The SMILES string of the molecule is Cn1ccnc1C(NC(=O)C1CCCN(C(=O)c2cccc3ccccc23)C1)c1ccccc1. The normalized spacial score (nSPS) is 16.9. The number of carbonyl (C=O) groups is 2. The molecule has 1 aliphatic heterocycles. The highest BCUT2D eigenvalue weighted by Crippen LogP contribution is 2.26. The van der Waals surface area contributed by atoms with Crippen molar-refractivity contribution in [2.75, 3.05) is 13.1 Å². The Hall–Kier alpha value is -3.93. The first-order valence-corrected chi connectivity index (χ1v) is 11.7. The molecule has 6 nitrogen and oxygen atoms in total. The monoisotopic (exact) mass is 452 g/mol. The molecule has 1 N–H and O–H groups in total. The first-order chi connectivity index (χ1) is 16.6. The van der Waals surface area contributed by atoms with Gasteiger partial charge in [0, 0.05) is 38.1 Å². The second-order valence-electron chi connectivity index (χ2n) is 8.87. The van der Waals surface area contributed by atoms with E-state index in [9.17, 15) is 9.59 Å². The standard InChI is InChI=1S/C28H28N4O2/c1-31-18-16-29-26(31)25(21-10-3-2-4-11-21)30-27(33)22-13-8-17-32(19-22)28(34)24-15-7-12-20-9-5-6-14-23(20)24/h2-7,9-12,14-16,18,22,25H,8,13,17,19H2,1H3,(H,30,33). The van der Waals surface area contributed by atoms with Gasteiger partial charge in [0.25, 0.3) is 5.91 Å². The number of fused-ring (bicyclic) bond motifs is 1. The Labute approximate surface area is 199 Å². The molecule has 2 heterocycles. The smallest absolute Gasteiger partial charge is 0.254 e. The number of benzene rings is 3. The molecule has 4 aromatic rings. The lowest BCUT2D eigenvalue weighted by atomic mass is 9.94. The van der Waals surface area contributed by atoms with Gasteiger partial charge in [-0.25, -0.2) is 4.98 Å². The van der Waals surface area contributed by atoms with Gasteiger partial charge >= 0.3 is 0 Å². The lowest BCUT2D eigenvalue weighted by Crippen LogP contribution is -2.46. The van der Waals surface area contributed by atoms with Crippen molar-refractivity contribution >= 4 is 22.6 Å². The molecular formula is C28H28N4O2. The van der Waals surface area contributed by atoms with Crippen LogP contribution in [0.1, 0.15) is 40.6 Å². The van der Waals surface area contributed by atoms with Crippen molar-refractivity contribution in [2.45, 2.75) is 18.9 Å². The summed E-state index contributed by atoms with van der Waals surface area (Å²) in [7, 11) is 1.93. The summed E-state index contributed by atoms with van der Waals surface area (Å²) in [5, 5.41) is 5.20. The van der Waals surface area contributed by atoms with E-state index in [1.807, 2.05) is 95.5 Å². The van der Waals surface area contributed by atoms with E-state index in [2.05, 4.69) is 10.3 Å². The predicted octanol–water partition coefficient (Wildman–Crippen LogP) is 4.33. The zero-order valence-corrected chi connectivity index (χ0v) is 19.2. The fourth-order valence-electron chi connectivity index (χ4n) is 4.82. The fraction of sp³-hybridized carbons (Fsp3) is 0.250. The second-order valence-corrected chi connectivity index (χ2v) is 8.87. The third kappa shape index (κ3) is 4.31. The average molecular weight is 453 g/mol. The van der Waals surface area contributed by atoms with Crippen LogP contribution in [0.4, 0.5) is 0 Å². The van der Waals surface area contributed by atoms with Gasteiger partial charge in [0.1, 0.15) is 11.9 Å². The van der Waals surface area contributed by atoms with Crippen LogP contribution in [0.5, 0.6) is 0 Å². The molecule has 6 heteroatoms. The zero-order valence-electron chi connectivity index (χ0n) is 19.2. The molecular weight excluding hydrogens is 424 g/mol.